The smallest absolute Gasteiger partial charge is 0.252 e. The van der Waals surface area contributed by atoms with Crippen LogP contribution in [0.4, 0.5) is 0 Å². The Kier molecular flexibility index (Phi) is 4.92. The van der Waals surface area contributed by atoms with Crippen molar-refractivity contribution in [3.8, 4) is 0 Å². The fraction of sp³-hybridized carbons (Fsp3) is 0.579. The lowest BCUT2D eigenvalue weighted by molar-refractivity contribution is -0.137. The van der Waals surface area contributed by atoms with Gasteiger partial charge in [0.05, 0.1) is 0 Å². The van der Waals surface area contributed by atoms with Crippen LogP contribution < -0.4 is 0 Å². The maximum atomic E-state index is 13.4. The molecular formula is C19H27N7O. The van der Waals surface area contributed by atoms with Gasteiger partial charge in [-0.3, -0.25) is 9.69 Å². The molecule has 0 unspecified atom stereocenters. The van der Waals surface area contributed by atoms with Crippen molar-refractivity contribution in [2.24, 2.45) is 0 Å². The number of aromatic nitrogens is 4. The standard InChI is InChI=1S/C19H27N7O/c1-23-12-13-24(2)19(14-23)8-10-25(11-9-19)18(27)17(26-15-20-21-22-26)16-6-4-3-5-7-16/h3-7,15,17H,8-14H2,1-2H3/t17-/m1/s1. The minimum Gasteiger partial charge on any atom is -0.340 e. The molecule has 1 atom stereocenters. The number of amides is 1. The summed E-state index contributed by atoms with van der Waals surface area (Å²) in [6.45, 7) is 4.80. The van der Waals surface area contributed by atoms with E-state index in [-0.39, 0.29) is 11.4 Å². The Labute approximate surface area is 159 Å². The lowest BCUT2D eigenvalue weighted by atomic mass is 9.83. The van der Waals surface area contributed by atoms with E-state index in [1.165, 1.54) is 6.33 Å². The maximum absolute atomic E-state index is 13.4. The van der Waals surface area contributed by atoms with E-state index in [4.69, 9.17) is 0 Å². The van der Waals surface area contributed by atoms with Crippen molar-refractivity contribution >= 4 is 5.91 Å². The second kappa shape index (κ2) is 7.36. The molecule has 1 amide bonds. The van der Waals surface area contributed by atoms with Gasteiger partial charge in [-0.2, -0.15) is 0 Å². The molecule has 0 radical (unpaired) electrons. The van der Waals surface area contributed by atoms with Crippen LogP contribution in [0.15, 0.2) is 36.7 Å². The van der Waals surface area contributed by atoms with Gasteiger partial charge in [0.2, 0.25) is 0 Å². The Morgan fingerprint density at radius 1 is 1.07 bits per heavy atom. The van der Waals surface area contributed by atoms with Crippen LogP contribution in [0.5, 0.6) is 0 Å². The minimum absolute atomic E-state index is 0.0650. The van der Waals surface area contributed by atoms with Crippen LogP contribution in [-0.2, 0) is 4.79 Å². The summed E-state index contributed by atoms with van der Waals surface area (Å²) in [4.78, 5) is 20.3. The average Bonchev–Trinajstić information content (AvgIpc) is 3.21. The van der Waals surface area contributed by atoms with E-state index in [1.807, 2.05) is 35.2 Å². The second-order valence-electron chi connectivity index (χ2n) is 7.81. The molecule has 8 heteroatoms. The number of tetrazole rings is 1. The number of benzene rings is 1. The predicted octanol–water partition coefficient (Wildman–Crippen LogP) is 0.501. The number of hydrogen-bond acceptors (Lipinski definition) is 6. The first-order valence-electron chi connectivity index (χ1n) is 9.55. The van der Waals surface area contributed by atoms with E-state index in [2.05, 4.69) is 39.4 Å². The maximum Gasteiger partial charge on any atom is 0.252 e. The first-order valence-corrected chi connectivity index (χ1v) is 9.55. The zero-order valence-corrected chi connectivity index (χ0v) is 16.0. The highest BCUT2D eigenvalue weighted by atomic mass is 16.2. The first-order chi connectivity index (χ1) is 13.1. The summed E-state index contributed by atoms with van der Waals surface area (Å²) < 4.78 is 1.56. The largest absolute Gasteiger partial charge is 0.340 e. The van der Waals surface area contributed by atoms with Gasteiger partial charge in [0.25, 0.3) is 5.91 Å². The second-order valence-corrected chi connectivity index (χ2v) is 7.81. The Bertz CT molecular complexity index is 756. The van der Waals surface area contributed by atoms with E-state index in [0.29, 0.717) is 0 Å². The molecule has 2 fully saturated rings. The van der Waals surface area contributed by atoms with Crippen LogP contribution >= 0.6 is 0 Å². The monoisotopic (exact) mass is 369 g/mol. The van der Waals surface area contributed by atoms with Gasteiger partial charge in [0.15, 0.2) is 6.04 Å². The normalized spacial score (nSPS) is 22.1. The van der Waals surface area contributed by atoms with Gasteiger partial charge in [-0.15, -0.1) is 5.10 Å². The van der Waals surface area contributed by atoms with Crippen molar-refractivity contribution in [2.75, 3.05) is 46.8 Å². The molecule has 1 aromatic heterocycles. The number of carbonyl (C=O) groups excluding carboxylic acids is 1. The van der Waals surface area contributed by atoms with Gasteiger partial charge in [0.1, 0.15) is 6.33 Å². The van der Waals surface area contributed by atoms with Crippen LogP contribution in [0.3, 0.4) is 0 Å². The molecule has 2 aliphatic heterocycles. The molecule has 8 nitrogen and oxygen atoms in total. The molecule has 2 aromatic rings. The van der Waals surface area contributed by atoms with Crippen LogP contribution in [0, 0.1) is 0 Å². The molecule has 1 spiro atoms. The van der Waals surface area contributed by atoms with Crippen LogP contribution in [-0.4, -0.2) is 93.2 Å². The number of nitrogens with zero attached hydrogens (tertiary/aromatic N) is 7. The van der Waals surface area contributed by atoms with E-state index in [0.717, 1.165) is 51.1 Å². The summed E-state index contributed by atoms with van der Waals surface area (Å²) in [6.07, 6.45) is 3.51. The summed E-state index contributed by atoms with van der Waals surface area (Å²) in [5.41, 5.74) is 1.09. The number of likely N-dealkylation sites (tertiary alicyclic amines) is 1. The fourth-order valence-electron chi connectivity index (χ4n) is 4.45. The molecule has 0 saturated carbocycles. The molecule has 3 heterocycles. The molecular weight excluding hydrogens is 342 g/mol. The Morgan fingerprint density at radius 2 is 1.81 bits per heavy atom. The molecule has 2 aliphatic rings. The van der Waals surface area contributed by atoms with Crippen molar-refractivity contribution < 1.29 is 4.79 Å². The predicted molar refractivity (Wildman–Crippen MR) is 101 cm³/mol. The number of rotatable bonds is 3. The van der Waals surface area contributed by atoms with Crippen molar-refractivity contribution in [3.63, 3.8) is 0 Å². The van der Waals surface area contributed by atoms with Gasteiger partial charge < -0.3 is 9.80 Å². The highest BCUT2D eigenvalue weighted by Gasteiger charge is 2.43. The van der Waals surface area contributed by atoms with Crippen LogP contribution in [0.1, 0.15) is 24.4 Å². The van der Waals surface area contributed by atoms with Crippen LogP contribution in [0.25, 0.3) is 0 Å². The van der Waals surface area contributed by atoms with Gasteiger partial charge in [-0.1, -0.05) is 30.3 Å². The lowest BCUT2D eigenvalue weighted by Crippen LogP contribution is -2.64. The molecule has 0 bridgehead atoms. The lowest BCUT2D eigenvalue weighted by Gasteiger charge is -2.52. The van der Waals surface area contributed by atoms with E-state index in [9.17, 15) is 4.79 Å². The van der Waals surface area contributed by atoms with Gasteiger partial charge in [-0.05, 0) is 42.9 Å². The highest BCUT2D eigenvalue weighted by molar-refractivity contribution is 5.83. The number of piperazine rings is 1. The molecule has 4 rings (SSSR count). The molecule has 2 saturated heterocycles. The SMILES string of the molecule is CN1CCN(C)C2(CCN(C(=O)[C@@H](c3ccccc3)n3cnnn3)CC2)C1. The quantitative estimate of drug-likeness (QED) is 0.785. The third-order valence-corrected chi connectivity index (χ3v) is 6.18. The van der Waals surface area contributed by atoms with Crippen molar-refractivity contribution in [1.29, 1.82) is 0 Å². The summed E-state index contributed by atoms with van der Waals surface area (Å²) in [5.74, 6) is 0.0650. The van der Waals surface area contributed by atoms with Crippen molar-refractivity contribution in [3.05, 3.63) is 42.2 Å². The van der Waals surface area contributed by atoms with E-state index >= 15 is 0 Å². The average molecular weight is 369 g/mol. The summed E-state index contributed by atoms with van der Waals surface area (Å²) in [6, 6.07) is 9.24. The molecule has 144 valence electrons. The summed E-state index contributed by atoms with van der Waals surface area (Å²) >= 11 is 0. The fourth-order valence-corrected chi connectivity index (χ4v) is 4.45. The Morgan fingerprint density at radius 3 is 2.48 bits per heavy atom. The number of carbonyl (C=O) groups is 1. The van der Waals surface area contributed by atoms with Gasteiger partial charge in [0, 0.05) is 38.3 Å². The zero-order chi connectivity index (χ0) is 18.9. The zero-order valence-electron chi connectivity index (χ0n) is 16.0. The molecule has 27 heavy (non-hydrogen) atoms. The number of hydrogen-bond donors (Lipinski definition) is 0. The number of likely N-dealkylation sites (N-methyl/N-ethyl adjacent to an activating group) is 2. The van der Waals surface area contributed by atoms with E-state index < -0.39 is 6.04 Å². The van der Waals surface area contributed by atoms with Gasteiger partial charge >= 0.3 is 0 Å². The Balaban J connectivity index is 1.52. The third-order valence-electron chi connectivity index (χ3n) is 6.18. The third kappa shape index (κ3) is 3.46. The number of piperidine rings is 1. The van der Waals surface area contributed by atoms with Crippen LogP contribution in [0.2, 0.25) is 0 Å². The highest BCUT2D eigenvalue weighted by Crippen LogP contribution is 2.32. The summed E-state index contributed by atoms with van der Waals surface area (Å²) in [7, 11) is 4.41. The molecule has 0 N–H and O–H groups in total. The van der Waals surface area contributed by atoms with Gasteiger partial charge in [-0.25, -0.2) is 4.68 Å². The Hall–Kier alpha value is -2.32. The van der Waals surface area contributed by atoms with Crippen molar-refractivity contribution in [2.45, 2.75) is 24.4 Å². The molecule has 0 aliphatic carbocycles. The minimum atomic E-state index is -0.512. The molecule has 1 aromatic carbocycles. The van der Waals surface area contributed by atoms with Crippen molar-refractivity contribution in [1.82, 2.24) is 34.9 Å². The summed E-state index contributed by atoms with van der Waals surface area (Å²) in [5, 5.41) is 11.5. The first kappa shape index (κ1) is 18.1. The van der Waals surface area contributed by atoms with E-state index in [1.54, 1.807) is 4.68 Å². The topological polar surface area (TPSA) is 70.4 Å².